The van der Waals surface area contributed by atoms with E-state index in [1.165, 1.54) is 6.21 Å². The Morgan fingerprint density at radius 1 is 1.54 bits per heavy atom. The maximum atomic E-state index is 11.9. The van der Waals surface area contributed by atoms with Gasteiger partial charge >= 0.3 is 0 Å². The Labute approximate surface area is 154 Å². The molecular weight excluding hydrogens is 358 g/mol. The Bertz CT molecular complexity index is 770. The molecule has 0 saturated carbocycles. The smallest absolute Gasteiger partial charge is 0.252 e. The van der Waals surface area contributed by atoms with Crippen LogP contribution in [0.1, 0.15) is 27.2 Å². The monoisotopic (exact) mass is 385 g/mol. The molecular formula is C16H27N5O4S. The summed E-state index contributed by atoms with van der Waals surface area (Å²) in [6.07, 6.45) is 4.88. The maximum absolute atomic E-state index is 11.9. The van der Waals surface area contributed by atoms with Gasteiger partial charge in [0.2, 0.25) is 10.0 Å². The fraction of sp³-hybridized carbons (Fsp3) is 0.625. The van der Waals surface area contributed by atoms with Crippen LogP contribution in [0.2, 0.25) is 0 Å². The van der Waals surface area contributed by atoms with E-state index in [1.807, 2.05) is 26.8 Å². The highest BCUT2D eigenvalue weighted by Crippen LogP contribution is 2.32. The number of carbonyl (C=O) groups is 1. The number of ether oxygens (including phenoxy) is 1. The number of rotatable bonds is 8. The summed E-state index contributed by atoms with van der Waals surface area (Å²) >= 11 is 0. The van der Waals surface area contributed by atoms with Crippen molar-refractivity contribution in [1.82, 2.24) is 15.0 Å². The summed E-state index contributed by atoms with van der Waals surface area (Å²) in [5.74, 6) is -0.586. The van der Waals surface area contributed by atoms with Crippen molar-refractivity contribution in [2.45, 2.75) is 39.5 Å². The molecule has 0 radical (unpaired) electrons. The van der Waals surface area contributed by atoms with Gasteiger partial charge in [-0.1, -0.05) is 19.9 Å². The van der Waals surface area contributed by atoms with E-state index in [1.54, 1.807) is 12.1 Å². The SMILES string of the molecule is COC1CC=C2C(N[C@H](C)C(C)(C)CNS(C)(=O)=O)=C(C(N)=O)C=NN21. The summed E-state index contributed by atoms with van der Waals surface area (Å²) in [6.45, 7) is 6.04. The number of nitrogens with zero attached hydrogens (tertiary/aromatic N) is 2. The van der Waals surface area contributed by atoms with Crippen LogP contribution in [0, 0.1) is 5.41 Å². The molecule has 2 aliphatic heterocycles. The Kier molecular flexibility index (Phi) is 5.79. The molecule has 2 aliphatic rings. The first-order chi connectivity index (χ1) is 12.0. The molecule has 9 nitrogen and oxygen atoms in total. The number of carbonyl (C=O) groups excluding carboxylic acids is 1. The number of amides is 1. The summed E-state index contributed by atoms with van der Waals surface area (Å²) in [5, 5.41) is 9.29. The van der Waals surface area contributed by atoms with Crippen molar-refractivity contribution in [3.8, 4) is 0 Å². The zero-order chi connectivity index (χ0) is 19.7. The van der Waals surface area contributed by atoms with Crippen molar-refractivity contribution in [2.24, 2.45) is 16.3 Å². The van der Waals surface area contributed by atoms with E-state index in [0.717, 1.165) is 12.0 Å². The number of hydrogen-bond acceptors (Lipinski definition) is 7. The zero-order valence-electron chi connectivity index (χ0n) is 15.7. The normalized spacial score (nSPS) is 21.5. The molecule has 10 heteroatoms. The summed E-state index contributed by atoms with van der Waals surface area (Å²) in [7, 11) is -1.70. The molecule has 146 valence electrons. The van der Waals surface area contributed by atoms with Crippen LogP contribution in [-0.2, 0) is 19.6 Å². The number of hydrogen-bond donors (Lipinski definition) is 3. The highest BCUT2D eigenvalue weighted by Gasteiger charge is 2.35. The second kappa shape index (κ2) is 7.37. The molecule has 0 fully saturated rings. The van der Waals surface area contributed by atoms with Gasteiger partial charge in [0.1, 0.15) is 0 Å². The fourth-order valence-corrected chi connectivity index (χ4v) is 3.29. The van der Waals surface area contributed by atoms with Gasteiger partial charge in [-0.15, -0.1) is 0 Å². The van der Waals surface area contributed by atoms with Gasteiger partial charge in [0.15, 0.2) is 6.23 Å². The van der Waals surface area contributed by atoms with E-state index in [4.69, 9.17) is 10.5 Å². The molecule has 0 aromatic heterocycles. The highest BCUT2D eigenvalue weighted by atomic mass is 32.2. The molecule has 1 amide bonds. The van der Waals surface area contributed by atoms with E-state index in [-0.39, 0.29) is 24.4 Å². The minimum absolute atomic E-state index is 0.169. The van der Waals surface area contributed by atoms with Crippen LogP contribution in [0.4, 0.5) is 0 Å². The first-order valence-electron chi connectivity index (χ1n) is 8.28. The van der Waals surface area contributed by atoms with Gasteiger partial charge in [-0.2, -0.15) is 5.10 Å². The maximum Gasteiger partial charge on any atom is 0.252 e. The largest absolute Gasteiger partial charge is 0.380 e. The topological polar surface area (TPSA) is 126 Å². The van der Waals surface area contributed by atoms with Gasteiger partial charge < -0.3 is 15.8 Å². The lowest BCUT2D eigenvalue weighted by molar-refractivity contribution is -0.114. The lowest BCUT2D eigenvalue weighted by Gasteiger charge is -2.36. The first kappa shape index (κ1) is 20.4. The minimum Gasteiger partial charge on any atom is -0.380 e. The molecule has 0 saturated heterocycles. The standard InChI is InChI=1S/C16H27N5O4S/c1-10(16(2,3)9-19-26(5,23)24)20-14-11(15(17)22)8-18-21-12(14)6-7-13(21)25-4/h6,8,10,13,19-20H,7,9H2,1-5H3,(H2,17,22)/t10-,13?/m1/s1. The van der Waals surface area contributed by atoms with E-state index in [9.17, 15) is 13.2 Å². The third-order valence-corrected chi connectivity index (χ3v) is 5.40. The van der Waals surface area contributed by atoms with Crippen molar-refractivity contribution in [2.75, 3.05) is 19.9 Å². The predicted octanol–water partition coefficient (Wildman–Crippen LogP) is -0.159. The van der Waals surface area contributed by atoms with Gasteiger partial charge in [0.25, 0.3) is 5.91 Å². The van der Waals surface area contributed by atoms with Gasteiger partial charge in [-0.25, -0.2) is 18.1 Å². The van der Waals surface area contributed by atoms with Crippen molar-refractivity contribution in [1.29, 1.82) is 0 Å². The Balaban J connectivity index is 2.26. The zero-order valence-corrected chi connectivity index (χ0v) is 16.6. The minimum atomic E-state index is -3.29. The Morgan fingerprint density at radius 2 is 2.19 bits per heavy atom. The fourth-order valence-electron chi connectivity index (χ4n) is 2.65. The molecule has 1 unspecified atom stereocenters. The Hall–Kier alpha value is -1.91. The number of methoxy groups -OCH3 is 1. The van der Waals surface area contributed by atoms with E-state index >= 15 is 0 Å². The van der Waals surface area contributed by atoms with Crippen molar-refractivity contribution in [3.05, 3.63) is 23.0 Å². The molecule has 0 aromatic rings. The van der Waals surface area contributed by atoms with Crippen molar-refractivity contribution < 1.29 is 17.9 Å². The quantitative estimate of drug-likeness (QED) is 0.533. The highest BCUT2D eigenvalue weighted by molar-refractivity contribution is 7.88. The number of hydrazone groups is 1. The van der Waals surface area contributed by atoms with Gasteiger partial charge in [0.05, 0.1) is 29.4 Å². The number of nitrogens with one attached hydrogen (secondary N) is 2. The second-order valence-electron chi connectivity index (χ2n) is 7.21. The van der Waals surface area contributed by atoms with Crippen LogP contribution in [0.25, 0.3) is 0 Å². The number of fused-ring (bicyclic) bond motifs is 1. The number of sulfonamides is 1. The molecule has 0 bridgehead atoms. The van der Waals surface area contributed by atoms with Gasteiger partial charge in [-0.3, -0.25) is 4.79 Å². The first-order valence-corrected chi connectivity index (χ1v) is 10.2. The molecule has 2 rings (SSSR count). The molecule has 26 heavy (non-hydrogen) atoms. The van der Waals surface area contributed by atoms with E-state index in [2.05, 4.69) is 15.1 Å². The molecule has 0 spiro atoms. The molecule has 0 aliphatic carbocycles. The second-order valence-corrected chi connectivity index (χ2v) is 9.04. The van der Waals surface area contributed by atoms with Crippen LogP contribution in [-0.4, -0.2) is 57.7 Å². The summed E-state index contributed by atoms with van der Waals surface area (Å²) in [4.78, 5) is 11.9. The third-order valence-electron chi connectivity index (χ3n) is 4.73. The lowest BCUT2D eigenvalue weighted by atomic mass is 9.85. The van der Waals surface area contributed by atoms with Crippen LogP contribution >= 0.6 is 0 Å². The van der Waals surface area contributed by atoms with Crippen molar-refractivity contribution >= 4 is 22.1 Å². The summed E-state index contributed by atoms with van der Waals surface area (Å²) < 4.78 is 30.7. The van der Waals surface area contributed by atoms with Gasteiger partial charge in [0, 0.05) is 26.1 Å². The summed E-state index contributed by atoms with van der Waals surface area (Å²) in [5.41, 5.74) is 6.66. The molecule has 0 aromatic carbocycles. The summed E-state index contributed by atoms with van der Waals surface area (Å²) in [6, 6.07) is -0.169. The lowest BCUT2D eigenvalue weighted by Crippen LogP contribution is -2.48. The van der Waals surface area contributed by atoms with Crippen LogP contribution in [0.5, 0.6) is 0 Å². The van der Waals surface area contributed by atoms with Crippen LogP contribution < -0.4 is 15.8 Å². The molecule has 2 atom stereocenters. The van der Waals surface area contributed by atoms with Crippen LogP contribution in [0.15, 0.2) is 28.1 Å². The predicted molar refractivity (Wildman–Crippen MR) is 99.3 cm³/mol. The van der Waals surface area contributed by atoms with E-state index < -0.39 is 21.3 Å². The average molecular weight is 385 g/mol. The van der Waals surface area contributed by atoms with Gasteiger partial charge in [-0.05, 0) is 12.3 Å². The van der Waals surface area contributed by atoms with Crippen molar-refractivity contribution in [3.63, 3.8) is 0 Å². The molecule has 4 N–H and O–H groups in total. The number of primary amides is 1. The number of nitrogens with two attached hydrogens (primary N) is 1. The Morgan fingerprint density at radius 3 is 2.73 bits per heavy atom. The average Bonchev–Trinajstić information content (AvgIpc) is 2.95. The third kappa shape index (κ3) is 4.43. The van der Waals surface area contributed by atoms with Crippen LogP contribution in [0.3, 0.4) is 0 Å². The van der Waals surface area contributed by atoms with E-state index in [0.29, 0.717) is 12.1 Å². The molecule has 2 heterocycles.